The second kappa shape index (κ2) is 8.58. The second-order valence-electron chi connectivity index (χ2n) is 4.66. The normalized spacial score (nSPS) is 13.7. The second-order valence-corrected chi connectivity index (χ2v) is 7.10. The van der Waals surface area contributed by atoms with Crippen molar-refractivity contribution >= 4 is 26.0 Å². The molecule has 4 nitrogen and oxygen atoms in total. The molecule has 0 atom stereocenters. The van der Waals surface area contributed by atoms with E-state index in [1.165, 1.54) is 11.6 Å². The molecule has 0 saturated carbocycles. The molecular weight excluding hydrogens is 388 g/mol. The van der Waals surface area contributed by atoms with Gasteiger partial charge >= 0.3 is 0 Å². The van der Waals surface area contributed by atoms with Crippen molar-refractivity contribution in [2.75, 3.05) is 6.54 Å². The molecule has 3 N–H and O–H groups in total. The van der Waals surface area contributed by atoms with E-state index in [2.05, 4.69) is 39.5 Å². The maximum atomic E-state index is 11.1. The molecule has 7 heteroatoms. The number of allylic oxidation sites excluding steroid dienone is 4. The van der Waals surface area contributed by atoms with E-state index in [1.54, 1.807) is 12.2 Å². The first-order valence-corrected chi connectivity index (χ1v) is 8.78. The average molecular weight is 404 g/mol. The van der Waals surface area contributed by atoms with Crippen molar-refractivity contribution in [3.63, 3.8) is 0 Å². The van der Waals surface area contributed by atoms with Gasteiger partial charge in [0.05, 0.1) is 23.8 Å². The van der Waals surface area contributed by atoms with E-state index in [1.807, 2.05) is 12.1 Å². The fourth-order valence-corrected chi connectivity index (χ4v) is 2.59. The molecule has 0 bridgehead atoms. The van der Waals surface area contributed by atoms with Crippen molar-refractivity contribution < 1.29 is 20.8 Å². The fraction of sp³-hybridized carbons (Fsp3) is 0.200. The Morgan fingerprint density at radius 2 is 1.86 bits per heavy atom. The van der Waals surface area contributed by atoms with Crippen LogP contribution in [0.2, 0.25) is 0 Å². The van der Waals surface area contributed by atoms with Gasteiger partial charge < -0.3 is 17.7 Å². The molecule has 1 aliphatic rings. The van der Waals surface area contributed by atoms with Gasteiger partial charge in [-0.3, -0.25) is 0 Å². The Kier molecular flexibility index (Phi) is 7.42. The summed E-state index contributed by atoms with van der Waals surface area (Å²) in [6.07, 6.45) is 8.41. The summed E-state index contributed by atoms with van der Waals surface area (Å²) in [5.41, 5.74) is 2.24. The minimum Gasteiger partial charge on any atom is -1.00 e. The molecule has 22 heavy (non-hydrogen) atoms. The Morgan fingerprint density at radius 3 is 2.41 bits per heavy atom. The van der Waals surface area contributed by atoms with Crippen LogP contribution in [0, 0.1) is 6.08 Å². The highest BCUT2D eigenvalue weighted by Crippen LogP contribution is 2.15. The molecule has 0 fully saturated rings. The van der Waals surface area contributed by atoms with Gasteiger partial charge in [0.25, 0.3) is 10.0 Å². The minimum absolute atomic E-state index is 0. The van der Waals surface area contributed by atoms with Crippen LogP contribution in [-0.4, -0.2) is 15.0 Å². The van der Waals surface area contributed by atoms with Crippen LogP contribution in [0.1, 0.15) is 12.0 Å². The number of primary sulfonamides is 1. The van der Waals surface area contributed by atoms with Crippen LogP contribution in [0.15, 0.2) is 57.4 Å². The molecule has 1 aliphatic carbocycles. The monoisotopic (exact) mass is 402 g/mol. The third-order valence-corrected chi connectivity index (χ3v) is 4.38. The number of benzene rings is 1. The highest BCUT2D eigenvalue weighted by molar-refractivity contribution is 9.10. The molecule has 1 aromatic rings. The van der Waals surface area contributed by atoms with Gasteiger partial charge in [-0.25, -0.2) is 13.6 Å². The first-order chi connectivity index (χ1) is 9.95. The highest BCUT2D eigenvalue weighted by atomic mass is 79.9. The van der Waals surface area contributed by atoms with E-state index >= 15 is 0 Å². The minimum atomic E-state index is -3.66. The van der Waals surface area contributed by atoms with E-state index in [-0.39, 0.29) is 17.3 Å². The first-order valence-electron chi connectivity index (χ1n) is 6.44. The van der Waals surface area contributed by atoms with Gasteiger partial charge in [-0.2, -0.15) is 0 Å². The SMILES string of the molecule is NS(=O)(=O)C1=[C+]C=C(CCNCc2ccc(Br)cc2)C=C1.[Cl-]. The quantitative estimate of drug-likeness (QED) is 0.492. The number of nitrogens with one attached hydrogen (secondary N) is 1. The van der Waals surface area contributed by atoms with Gasteiger partial charge in [-0.1, -0.05) is 28.1 Å². The largest absolute Gasteiger partial charge is 1.00 e. The molecule has 0 aromatic heterocycles. The Hall–Kier alpha value is -1.01. The summed E-state index contributed by atoms with van der Waals surface area (Å²) in [5, 5.41) is 8.37. The smallest absolute Gasteiger partial charge is 0.271 e. The summed E-state index contributed by atoms with van der Waals surface area (Å²) in [6, 6.07) is 8.15. The molecule has 0 heterocycles. The van der Waals surface area contributed by atoms with Crippen LogP contribution < -0.4 is 22.9 Å². The van der Waals surface area contributed by atoms with Gasteiger partial charge in [0, 0.05) is 24.0 Å². The van der Waals surface area contributed by atoms with Gasteiger partial charge in [-0.05, 0) is 17.7 Å². The van der Waals surface area contributed by atoms with Crippen LogP contribution in [0.5, 0.6) is 0 Å². The molecule has 0 unspecified atom stereocenters. The number of sulfonamides is 1. The van der Waals surface area contributed by atoms with Crippen LogP contribution in [0.3, 0.4) is 0 Å². The van der Waals surface area contributed by atoms with E-state index in [0.29, 0.717) is 0 Å². The number of hydrogen-bond acceptors (Lipinski definition) is 3. The lowest BCUT2D eigenvalue weighted by molar-refractivity contribution is -0.00000668. The summed E-state index contributed by atoms with van der Waals surface area (Å²) in [4.78, 5) is 0.0223. The van der Waals surface area contributed by atoms with E-state index in [4.69, 9.17) is 5.14 Å². The lowest BCUT2D eigenvalue weighted by atomic mass is 10.1. The van der Waals surface area contributed by atoms with Crippen molar-refractivity contribution in [2.45, 2.75) is 13.0 Å². The third kappa shape index (κ3) is 6.01. The molecular formula is C15H16BrClN2O2S. The lowest BCUT2D eigenvalue weighted by Crippen LogP contribution is -3.00. The van der Waals surface area contributed by atoms with Gasteiger partial charge in [0.15, 0.2) is 0 Å². The predicted molar refractivity (Wildman–Crippen MR) is 87.6 cm³/mol. The molecule has 118 valence electrons. The van der Waals surface area contributed by atoms with Gasteiger partial charge in [0.1, 0.15) is 6.08 Å². The lowest BCUT2D eigenvalue weighted by Gasteiger charge is -2.04. The van der Waals surface area contributed by atoms with Crippen LogP contribution in [0.4, 0.5) is 0 Å². The maximum Gasteiger partial charge on any atom is 0.271 e. The third-order valence-electron chi connectivity index (χ3n) is 2.99. The summed E-state index contributed by atoms with van der Waals surface area (Å²) < 4.78 is 23.3. The van der Waals surface area contributed by atoms with Crippen molar-refractivity contribution in [3.8, 4) is 0 Å². The van der Waals surface area contributed by atoms with Crippen molar-refractivity contribution in [2.24, 2.45) is 5.14 Å². The molecule has 1 aromatic carbocycles. The Labute approximate surface area is 145 Å². The summed E-state index contributed by atoms with van der Waals surface area (Å²) in [5.74, 6) is 0. The number of rotatable bonds is 6. The molecule has 0 aliphatic heterocycles. The van der Waals surface area contributed by atoms with Crippen molar-refractivity contribution in [1.29, 1.82) is 0 Å². The average Bonchev–Trinajstić information content (AvgIpc) is 2.45. The molecule has 0 amide bonds. The predicted octanol–water partition coefficient (Wildman–Crippen LogP) is -0.595. The Morgan fingerprint density at radius 1 is 1.18 bits per heavy atom. The number of nitrogens with two attached hydrogens (primary N) is 1. The van der Waals surface area contributed by atoms with Crippen molar-refractivity contribution in [3.05, 3.63) is 69.1 Å². The summed E-state index contributed by atoms with van der Waals surface area (Å²) >= 11 is 3.40. The molecule has 0 saturated heterocycles. The van der Waals surface area contributed by atoms with Crippen LogP contribution in [-0.2, 0) is 16.6 Å². The topological polar surface area (TPSA) is 72.2 Å². The first kappa shape index (κ1) is 19.0. The van der Waals surface area contributed by atoms with E-state index < -0.39 is 10.0 Å². The van der Waals surface area contributed by atoms with Crippen molar-refractivity contribution in [1.82, 2.24) is 5.32 Å². The zero-order valence-electron chi connectivity index (χ0n) is 11.7. The zero-order valence-corrected chi connectivity index (χ0v) is 14.9. The molecule has 2 rings (SSSR count). The number of hydrogen-bond donors (Lipinski definition) is 2. The standard InChI is InChI=1S/C15H16BrN2O2S.ClH/c16-14-5-1-13(2-6-14)11-18-10-9-12-3-7-15(8-4-12)21(17,19)20;/h1-7,18H,9-11H2,(H2,17,19,20);1H/q+1;/p-1. The zero-order chi connectivity index (χ0) is 15.3. The van der Waals surface area contributed by atoms with Crippen LogP contribution in [0.25, 0.3) is 0 Å². The van der Waals surface area contributed by atoms with Crippen LogP contribution >= 0.6 is 15.9 Å². The summed E-state index contributed by atoms with van der Waals surface area (Å²) in [7, 11) is -3.66. The van der Waals surface area contributed by atoms with E-state index in [0.717, 1.165) is 29.6 Å². The molecule has 0 spiro atoms. The Balaban J connectivity index is 0.00000242. The number of halogens is 2. The van der Waals surface area contributed by atoms with Gasteiger partial charge in [0.2, 0.25) is 4.91 Å². The fourth-order valence-electron chi connectivity index (χ4n) is 1.84. The summed E-state index contributed by atoms with van der Waals surface area (Å²) in [6.45, 7) is 1.60. The van der Waals surface area contributed by atoms with E-state index in [9.17, 15) is 8.42 Å². The highest BCUT2D eigenvalue weighted by Gasteiger charge is 2.19. The Bertz CT molecular complexity index is 695. The maximum absolute atomic E-state index is 11.1. The van der Waals surface area contributed by atoms with Gasteiger partial charge in [-0.15, -0.1) is 0 Å². The molecule has 0 radical (unpaired) electrons.